The van der Waals surface area contributed by atoms with Gasteiger partial charge in [0.1, 0.15) is 5.69 Å². The van der Waals surface area contributed by atoms with Crippen LogP contribution in [0.2, 0.25) is 0 Å². The Hall–Kier alpha value is -1.04. The van der Waals surface area contributed by atoms with Crippen LogP contribution < -0.4 is 5.32 Å². The van der Waals surface area contributed by atoms with E-state index in [-0.39, 0.29) is 24.2 Å². The molecule has 3 nitrogen and oxygen atoms in total. The van der Waals surface area contributed by atoms with Gasteiger partial charge in [-0.1, -0.05) is 33.1 Å². The Morgan fingerprint density at radius 1 is 1.30 bits per heavy atom. The highest BCUT2D eigenvalue weighted by atomic mass is 19.4. The lowest BCUT2D eigenvalue weighted by atomic mass is 9.95. The quantitative estimate of drug-likeness (QED) is 0.911. The molecule has 0 bridgehead atoms. The number of hydrogen-bond donors (Lipinski definition) is 1. The minimum Gasteiger partial charge on any atom is -0.310 e. The van der Waals surface area contributed by atoms with Gasteiger partial charge in [-0.25, -0.2) is 0 Å². The molecular formula is C14H22F3N3. The van der Waals surface area contributed by atoms with E-state index in [4.69, 9.17) is 0 Å². The fourth-order valence-electron chi connectivity index (χ4n) is 2.76. The Bertz CT molecular complexity index is 431. The van der Waals surface area contributed by atoms with Crippen LogP contribution in [0, 0.1) is 0 Å². The number of hydrogen-bond acceptors (Lipinski definition) is 2. The minimum absolute atomic E-state index is 0.104. The number of rotatable bonds is 4. The molecular weight excluding hydrogens is 267 g/mol. The van der Waals surface area contributed by atoms with E-state index in [1.54, 1.807) is 0 Å². The third-order valence-corrected chi connectivity index (χ3v) is 3.76. The first-order valence-electron chi connectivity index (χ1n) is 7.26. The van der Waals surface area contributed by atoms with E-state index >= 15 is 0 Å². The van der Waals surface area contributed by atoms with Gasteiger partial charge in [0.2, 0.25) is 0 Å². The zero-order valence-corrected chi connectivity index (χ0v) is 12.0. The fraction of sp³-hybridized carbons (Fsp3) is 0.786. The summed E-state index contributed by atoms with van der Waals surface area (Å²) >= 11 is 0. The zero-order chi connectivity index (χ0) is 14.8. The summed E-state index contributed by atoms with van der Waals surface area (Å²) in [7, 11) is 0. The molecule has 1 heterocycles. The van der Waals surface area contributed by atoms with Crippen LogP contribution >= 0.6 is 0 Å². The lowest BCUT2D eigenvalue weighted by Gasteiger charge is -2.25. The van der Waals surface area contributed by atoms with E-state index in [1.807, 2.05) is 13.8 Å². The van der Waals surface area contributed by atoms with Gasteiger partial charge in [0.05, 0.1) is 12.2 Å². The zero-order valence-electron chi connectivity index (χ0n) is 12.0. The molecule has 20 heavy (non-hydrogen) atoms. The Kier molecular flexibility index (Phi) is 4.73. The number of nitrogens with one attached hydrogen (secondary N) is 1. The van der Waals surface area contributed by atoms with Crippen molar-refractivity contribution in [3.05, 3.63) is 17.5 Å². The highest BCUT2D eigenvalue weighted by molar-refractivity contribution is 5.21. The van der Waals surface area contributed by atoms with Gasteiger partial charge in [-0.3, -0.25) is 4.68 Å². The second-order valence-electron chi connectivity index (χ2n) is 5.79. The highest BCUT2D eigenvalue weighted by Gasteiger charge is 2.39. The maximum atomic E-state index is 13.3. The van der Waals surface area contributed by atoms with Gasteiger partial charge < -0.3 is 5.32 Å². The monoisotopic (exact) mass is 289 g/mol. The molecule has 1 fully saturated rings. The number of aromatic nitrogens is 2. The maximum Gasteiger partial charge on any atom is 0.433 e. The minimum atomic E-state index is -4.35. The summed E-state index contributed by atoms with van der Waals surface area (Å²) in [4.78, 5) is 0. The van der Waals surface area contributed by atoms with Crippen molar-refractivity contribution in [1.29, 1.82) is 0 Å². The third kappa shape index (κ3) is 3.53. The van der Waals surface area contributed by atoms with Crippen molar-refractivity contribution in [2.24, 2.45) is 0 Å². The smallest absolute Gasteiger partial charge is 0.310 e. The van der Waals surface area contributed by atoms with E-state index < -0.39 is 11.9 Å². The molecule has 1 N–H and O–H groups in total. The molecule has 1 saturated carbocycles. The van der Waals surface area contributed by atoms with Crippen LogP contribution in [0.4, 0.5) is 13.2 Å². The predicted octanol–water partition coefficient (Wildman–Crippen LogP) is 3.91. The van der Waals surface area contributed by atoms with Gasteiger partial charge in [0, 0.05) is 18.2 Å². The van der Waals surface area contributed by atoms with Crippen molar-refractivity contribution in [1.82, 2.24) is 15.1 Å². The largest absolute Gasteiger partial charge is 0.433 e. The summed E-state index contributed by atoms with van der Waals surface area (Å²) in [5, 5.41) is 7.08. The standard InChI is InChI=1S/C14H22F3N3/c1-10(2)18-8-11-9-19-20(13(11)14(15,16)17)12-6-4-3-5-7-12/h9-10,12,18H,3-8H2,1-2H3. The molecule has 1 aromatic rings. The molecule has 0 saturated heterocycles. The topological polar surface area (TPSA) is 29.9 Å². The van der Waals surface area contributed by atoms with E-state index in [9.17, 15) is 13.2 Å². The van der Waals surface area contributed by atoms with Gasteiger partial charge in [-0.05, 0) is 12.8 Å². The summed E-state index contributed by atoms with van der Waals surface area (Å²) < 4.78 is 41.2. The Balaban J connectivity index is 2.27. The Labute approximate surface area is 117 Å². The fourth-order valence-corrected chi connectivity index (χ4v) is 2.76. The van der Waals surface area contributed by atoms with Gasteiger partial charge >= 0.3 is 6.18 Å². The van der Waals surface area contributed by atoms with Crippen LogP contribution in [0.15, 0.2) is 6.20 Å². The van der Waals surface area contributed by atoms with Crippen molar-refractivity contribution in [3.8, 4) is 0 Å². The first-order chi connectivity index (χ1) is 9.39. The third-order valence-electron chi connectivity index (χ3n) is 3.76. The van der Waals surface area contributed by atoms with Gasteiger partial charge in [0.15, 0.2) is 0 Å². The van der Waals surface area contributed by atoms with Crippen molar-refractivity contribution in [2.45, 2.75) is 70.8 Å². The molecule has 1 aliphatic carbocycles. The summed E-state index contributed by atoms with van der Waals surface area (Å²) in [6, 6.07) is 0.0438. The lowest BCUT2D eigenvalue weighted by molar-refractivity contribution is -0.145. The lowest BCUT2D eigenvalue weighted by Crippen LogP contribution is -2.26. The number of nitrogens with zero attached hydrogens (tertiary/aromatic N) is 2. The molecule has 0 radical (unpaired) electrons. The Morgan fingerprint density at radius 3 is 2.50 bits per heavy atom. The second kappa shape index (κ2) is 6.16. The predicted molar refractivity (Wildman–Crippen MR) is 71.3 cm³/mol. The van der Waals surface area contributed by atoms with Crippen LogP contribution in [0.1, 0.15) is 63.3 Å². The van der Waals surface area contributed by atoms with Gasteiger partial charge in [-0.15, -0.1) is 0 Å². The summed E-state index contributed by atoms with van der Waals surface area (Å²) in [6.45, 7) is 4.04. The molecule has 114 valence electrons. The van der Waals surface area contributed by atoms with Crippen molar-refractivity contribution < 1.29 is 13.2 Å². The van der Waals surface area contributed by atoms with Crippen LogP contribution in [0.25, 0.3) is 0 Å². The van der Waals surface area contributed by atoms with Gasteiger partial charge in [-0.2, -0.15) is 18.3 Å². The average molecular weight is 289 g/mol. The Morgan fingerprint density at radius 2 is 1.95 bits per heavy atom. The van der Waals surface area contributed by atoms with E-state index in [0.29, 0.717) is 0 Å². The molecule has 0 spiro atoms. The molecule has 0 aromatic carbocycles. The molecule has 0 aliphatic heterocycles. The molecule has 0 amide bonds. The first-order valence-corrected chi connectivity index (χ1v) is 7.26. The van der Waals surface area contributed by atoms with Crippen molar-refractivity contribution >= 4 is 0 Å². The average Bonchev–Trinajstić information content (AvgIpc) is 2.81. The SMILES string of the molecule is CC(C)NCc1cnn(C2CCCCC2)c1C(F)(F)F. The van der Waals surface area contributed by atoms with Crippen LogP contribution in [0.3, 0.4) is 0 Å². The second-order valence-corrected chi connectivity index (χ2v) is 5.79. The highest BCUT2D eigenvalue weighted by Crippen LogP contribution is 2.37. The summed E-state index contributed by atoms with van der Waals surface area (Å²) in [5.41, 5.74) is -0.325. The molecule has 2 rings (SSSR count). The number of halogens is 3. The van der Waals surface area contributed by atoms with Gasteiger partial charge in [0.25, 0.3) is 0 Å². The van der Waals surface area contributed by atoms with Crippen molar-refractivity contribution in [2.75, 3.05) is 0 Å². The number of alkyl halides is 3. The molecule has 1 aromatic heterocycles. The van der Waals surface area contributed by atoms with Crippen LogP contribution in [0.5, 0.6) is 0 Å². The maximum absolute atomic E-state index is 13.3. The van der Waals surface area contributed by atoms with Crippen molar-refractivity contribution in [3.63, 3.8) is 0 Å². The first kappa shape index (κ1) is 15.4. The van der Waals surface area contributed by atoms with Crippen LogP contribution in [-0.4, -0.2) is 15.8 Å². The van der Waals surface area contributed by atoms with E-state index in [2.05, 4.69) is 10.4 Å². The molecule has 0 unspecified atom stereocenters. The summed E-state index contributed by atoms with van der Waals surface area (Å²) in [6.07, 6.45) is 1.70. The van der Waals surface area contributed by atoms with E-state index in [0.717, 1.165) is 32.1 Å². The molecule has 6 heteroatoms. The molecule has 0 atom stereocenters. The van der Waals surface area contributed by atoms with Crippen LogP contribution in [-0.2, 0) is 12.7 Å². The normalized spacial score (nSPS) is 17.9. The van der Waals surface area contributed by atoms with E-state index in [1.165, 1.54) is 10.9 Å². The summed E-state index contributed by atoms with van der Waals surface area (Å²) in [5.74, 6) is 0. The molecule has 1 aliphatic rings.